The number of halogens is 1. The lowest BCUT2D eigenvalue weighted by molar-refractivity contribution is 0.485. The van der Waals surface area contributed by atoms with E-state index < -0.39 is 18.0 Å². The number of benzene rings is 2. The molecule has 0 bridgehead atoms. The molecule has 0 aliphatic rings. The van der Waals surface area contributed by atoms with Gasteiger partial charge in [0.25, 0.3) is 10.1 Å². The smallest absolute Gasteiger partial charge is 0.265 e. The summed E-state index contributed by atoms with van der Waals surface area (Å²) in [6.07, 6.45) is 0.433. The van der Waals surface area contributed by atoms with Crippen molar-refractivity contribution in [3.05, 3.63) is 60.7 Å². The highest BCUT2D eigenvalue weighted by Crippen LogP contribution is 2.33. The highest BCUT2D eigenvalue weighted by molar-refractivity contribution is 7.86. The molecule has 2 aromatic carbocycles. The van der Waals surface area contributed by atoms with Crippen LogP contribution >= 0.6 is 7.92 Å². The summed E-state index contributed by atoms with van der Waals surface area (Å²) in [5.41, 5.74) is 0. The minimum Gasteiger partial charge on any atom is -0.286 e. The molecule has 0 fully saturated rings. The van der Waals surface area contributed by atoms with Crippen molar-refractivity contribution in [3.63, 3.8) is 0 Å². The molecular formula is C14H16FO3PS. The first kappa shape index (κ1) is 16.8. The summed E-state index contributed by atoms with van der Waals surface area (Å²) in [5, 5.41) is 2.24. The van der Waals surface area contributed by atoms with E-state index >= 15 is 0 Å². The second-order valence-corrected chi connectivity index (χ2v) is 8.02. The van der Waals surface area contributed by atoms with Crippen molar-refractivity contribution < 1.29 is 17.7 Å². The van der Waals surface area contributed by atoms with Gasteiger partial charge in [-0.15, -0.1) is 0 Å². The summed E-state index contributed by atoms with van der Waals surface area (Å²) in [6, 6.07) is 19.7. The van der Waals surface area contributed by atoms with Gasteiger partial charge in [-0.2, -0.15) is 8.42 Å². The van der Waals surface area contributed by atoms with Gasteiger partial charge in [0.2, 0.25) is 0 Å². The average molecular weight is 314 g/mol. The fraction of sp³-hybridized carbons (Fsp3) is 0.143. The van der Waals surface area contributed by atoms with E-state index in [0.717, 1.165) is 10.6 Å². The Bertz CT molecular complexity index is 578. The van der Waals surface area contributed by atoms with Crippen LogP contribution in [0.2, 0.25) is 0 Å². The summed E-state index contributed by atoms with van der Waals surface area (Å²) >= 11 is 0. The molecule has 0 radical (unpaired) electrons. The maximum Gasteiger partial charge on any atom is 0.265 e. The van der Waals surface area contributed by atoms with Crippen molar-refractivity contribution in [3.8, 4) is 0 Å². The van der Waals surface area contributed by atoms with Crippen LogP contribution in [0.4, 0.5) is 4.70 Å². The van der Waals surface area contributed by atoms with E-state index in [1.54, 1.807) is 0 Å². The Kier molecular flexibility index (Phi) is 6.27. The molecule has 2 aromatic rings. The summed E-state index contributed by atoms with van der Waals surface area (Å²) < 4.78 is 30.9. The molecular weight excluding hydrogens is 298 g/mol. The molecule has 0 atom stereocenters. The fourth-order valence-electron chi connectivity index (χ4n) is 1.83. The van der Waals surface area contributed by atoms with Crippen LogP contribution < -0.4 is 10.6 Å². The first-order valence-corrected chi connectivity index (χ1v) is 9.03. The lowest BCUT2D eigenvalue weighted by Gasteiger charge is -2.17. The Morgan fingerprint density at radius 3 is 1.60 bits per heavy atom. The topological polar surface area (TPSA) is 54.4 Å². The molecule has 0 saturated heterocycles. The quantitative estimate of drug-likeness (QED) is 0.680. The van der Waals surface area contributed by atoms with Crippen molar-refractivity contribution >= 4 is 28.6 Å². The van der Waals surface area contributed by atoms with Crippen molar-refractivity contribution in [2.75, 3.05) is 11.9 Å². The van der Waals surface area contributed by atoms with Gasteiger partial charge < -0.3 is 0 Å². The summed E-state index contributed by atoms with van der Waals surface area (Å²) in [5.74, 6) is -0.206. The fourth-order valence-corrected chi connectivity index (χ4v) is 5.36. The van der Waals surface area contributed by atoms with Gasteiger partial charge in [0.05, 0.1) is 5.75 Å². The van der Waals surface area contributed by atoms with E-state index in [4.69, 9.17) is 4.55 Å². The van der Waals surface area contributed by atoms with E-state index in [-0.39, 0.29) is 10.5 Å². The van der Waals surface area contributed by atoms with Gasteiger partial charge in [-0.25, -0.2) is 0 Å². The molecule has 0 heterocycles. The number of rotatable bonds is 5. The van der Waals surface area contributed by atoms with Crippen LogP contribution in [0.1, 0.15) is 0 Å². The first-order valence-electron chi connectivity index (χ1n) is 5.89. The lowest BCUT2D eigenvalue weighted by atomic mass is 10.4. The van der Waals surface area contributed by atoms with Crippen LogP contribution in [0, 0.1) is 0 Å². The molecule has 3 nitrogen and oxygen atoms in total. The molecule has 0 aromatic heterocycles. The van der Waals surface area contributed by atoms with Gasteiger partial charge in [0.15, 0.2) is 0 Å². The molecule has 0 aliphatic carbocycles. The highest BCUT2D eigenvalue weighted by atomic mass is 32.2. The predicted molar refractivity (Wildman–Crippen MR) is 82.9 cm³/mol. The number of hydrogen-bond donors (Lipinski definition) is 1. The lowest BCUT2D eigenvalue weighted by Crippen LogP contribution is -2.18. The molecule has 108 valence electrons. The van der Waals surface area contributed by atoms with Crippen LogP contribution in [0.5, 0.6) is 0 Å². The van der Waals surface area contributed by atoms with Gasteiger partial charge >= 0.3 is 0 Å². The first-order chi connectivity index (χ1) is 9.06. The Morgan fingerprint density at radius 2 is 1.25 bits per heavy atom. The third-order valence-electron chi connectivity index (χ3n) is 2.71. The van der Waals surface area contributed by atoms with Crippen LogP contribution in [-0.4, -0.2) is 24.9 Å². The van der Waals surface area contributed by atoms with Crippen molar-refractivity contribution in [1.29, 1.82) is 0 Å². The Balaban J connectivity index is 0.00000200. The van der Waals surface area contributed by atoms with E-state index in [0.29, 0.717) is 6.16 Å². The van der Waals surface area contributed by atoms with Crippen LogP contribution in [-0.2, 0) is 10.1 Å². The predicted octanol–water partition coefficient (Wildman–Crippen LogP) is 2.16. The monoisotopic (exact) mass is 314 g/mol. The molecule has 1 N–H and O–H groups in total. The molecule has 20 heavy (non-hydrogen) atoms. The molecule has 0 saturated carbocycles. The maximum atomic E-state index is 11.0. The average Bonchev–Trinajstić information content (AvgIpc) is 2.40. The molecule has 0 unspecified atom stereocenters. The highest BCUT2D eigenvalue weighted by Gasteiger charge is 2.16. The summed E-state index contributed by atoms with van der Waals surface area (Å²) in [4.78, 5) is 0. The zero-order chi connectivity index (χ0) is 13.7. The van der Waals surface area contributed by atoms with Crippen LogP contribution in [0.25, 0.3) is 0 Å². The Labute approximate surface area is 119 Å². The van der Waals surface area contributed by atoms with E-state index in [1.165, 1.54) is 0 Å². The summed E-state index contributed by atoms with van der Waals surface area (Å²) in [6.45, 7) is 0. The van der Waals surface area contributed by atoms with Gasteiger partial charge in [-0.1, -0.05) is 60.7 Å². The second kappa shape index (κ2) is 7.48. The molecule has 0 aliphatic heterocycles. The SMILES string of the molecule is F.O=S(=O)(O)CCP(c1ccccc1)c1ccccc1. The maximum absolute atomic E-state index is 11.0. The van der Waals surface area contributed by atoms with E-state index in [9.17, 15) is 8.42 Å². The van der Waals surface area contributed by atoms with E-state index in [1.807, 2.05) is 60.7 Å². The van der Waals surface area contributed by atoms with Crippen molar-refractivity contribution in [1.82, 2.24) is 0 Å². The van der Waals surface area contributed by atoms with Crippen molar-refractivity contribution in [2.45, 2.75) is 0 Å². The summed E-state index contributed by atoms with van der Waals surface area (Å²) in [7, 11) is -4.67. The van der Waals surface area contributed by atoms with Crippen molar-refractivity contribution in [2.24, 2.45) is 0 Å². The van der Waals surface area contributed by atoms with Gasteiger partial charge in [-0.3, -0.25) is 9.26 Å². The molecule has 0 spiro atoms. The van der Waals surface area contributed by atoms with Gasteiger partial charge in [-0.05, 0) is 24.7 Å². The molecule has 0 amide bonds. The van der Waals surface area contributed by atoms with Crippen LogP contribution in [0.15, 0.2) is 60.7 Å². The standard InChI is InChI=1S/C14H15O3PS.FH/c15-19(16,17)12-11-18(13-7-3-1-4-8-13)14-9-5-2-6-10-14;/h1-10H,11-12H2,(H,15,16,17);1H. The zero-order valence-corrected chi connectivity index (χ0v) is 12.4. The third-order valence-corrected chi connectivity index (χ3v) is 6.24. The molecule has 6 heteroatoms. The Morgan fingerprint density at radius 1 is 0.850 bits per heavy atom. The largest absolute Gasteiger partial charge is 0.286 e. The molecule has 2 rings (SSSR count). The minimum atomic E-state index is -3.92. The van der Waals surface area contributed by atoms with Gasteiger partial charge in [0.1, 0.15) is 0 Å². The van der Waals surface area contributed by atoms with Gasteiger partial charge in [0, 0.05) is 0 Å². The van der Waals surface area contributed by atoms with E-state index in [2.05, 4.69) is 0 Å². The zero-order valence-electron chi connectivity index (χ0n) is 10.7. The second-order valence-electron chi connectivity index (χ2n) is 4.11. The third kappa shape index (κ3) is 5.00. The van der Waals surface area contributed by atoms with Crippen LogP contribution in [0.3, 0.4) is 0 Å². The minimum absolute atomic E-state index is 0. The normalized spacial score (nSPS) is 11.1. The number of hydrogen-bond acceptors (Lipinski definition) is 2. The Hall–Kier alpha value is -1.29.